The van der Waals surface area contributed by atoms with E-state index in [0.29, 0.717) is 11.3 Å². The third kappa shape index (κ3) is 2.43. The molecule has 0 saturated carbocycles. The van der Waals surface area contributed by atoms with Crippen LogP contribution >= 0.6 is 15.9 Å². The van der Waals surface area contributed by atoms with Crippen LogP contribution in [0, 0.1) is 0 Å². The molecule has 1 amide bonds. The zero-order valence-corrected chi connectivity index (χ0v) is 14.9. The summed E-state index contributed by atoms with van der Waals surface area (Å²) in [6.45, 7) is 0. The predicted octanol–water partition coefficient (Wildman–Crippen LogP) is 3.89. The van der Waals surface area contributed by atoms with Crippen molar-refractivity contribution in [1.82, 2.24) is 4.98 Å². The molecule has 0 spiro atoms. The van der Waals surface area contributed by atoms with Crippen molar-refractivity contribution in [2.75, 3.05) is 12.2 Å². The summed E-state index contributed by atoms with van der Waals surface area (Å²) in [5.74, 6) is 1.66. The number of benzene rings is 2. The fourth-order valence-electron chi connectivity index (χ4n) is 3.36. The molecule has 0 aliphatic carbocycles. The highest BCUT2D eigenvalue weighted by molar-refractivity contribution is 9.10. The number of carbonyl (C=O) groups is 1. The van der Waals surface area contributed by atoms with E-state index >= 15 is 0 Å². The Labute approximate surface area is 152 Å². The van der Waals surface area contributed by atoms with Crippen molar-refractivity contribution in [3.8, 4) is 11.3 Å². The minimum atomic E-state index is -0.171. The Morgan fingerprint density at radius 1 is 1.32 bits per heavy atom. The fraction of sp³-hybridized carbons (Fsp3) is 0.105. The monoisotopic (exact) mass is 396 g/mol. The summed E-state index contributed by atoms with van der Waals surface area (Å²) in [5, 5.41) is 2.24. The number of hydrogen-bond acceptors (Lipinski definition) is 3. The molecule has 0 atom stereocenters. The molecule has 3 aromatic rings. The molecule has 1 N–H and O–H groups in total. The van der Waals surface area contributed by atoms with E-state index in [9.17, 15) is 9.59 Å². The molecule has 5 nitrogen and oxygen atoms in total. The summed E-state index contributed by atoms with van der Waals surface area (Å²) in [6.07, 6.45) is 1.56. The first-order valence-corrected chi connectivity index (χ1v) is 8.44. The Hall–Kier alpha value is -2.66. The molecule has 0 radical (unpaired) electrons. The van der Waals surface area contributed by atoms with Gasteiger partial charge in [-0.2, -0.15) is 5.06 Å². The number of hydrogen-bond donors (Lipinski definition) is 1. The van der Waals surface area contributed by atoms with E-state index in [1.165, 1.54) is 18.2 Å². The first-order chi connectivity index (χ1) is 12.1. The summed E-state index contributed by atoms with van der Waals surface area (Å²) in [7, 11) is 1.46. The molecule has 0 unspecified atom stereocenters. The summed E-state index contributed by atoms with van der Waals surface area (Å²) < 4.78 is 0.934. The van der Waals surface area contributed by atoms with Crippen LogP contribution in [-0.2, 0) is 20.8 Å². The number of H-pyrrole nitrogens is 1. The van der Waals surface area contributed by atoms with Gasteiger partial charge in [0.15, 0.2) is 0 Å². The van der Waals surface area contributed by atoms with Crippen LogP contribution < -0.4 is 5.06 Å². The smallest absolute Gasteiger partial charge is 0.255 e. The lowest BCUT2D eigenvalue weighted by atomic mass is 9.98. The van der Waals surface area contributed by atoms with Gasteiger partial charge in [-0.3, -0.25) is 9.63 Å². The molecule has 2 heterocycles. The third-order valence-electron chi connectivity index (χ3n) is 4.36. The van der Waals surface area contributed by atoms with Gasteiger partial charge >= 0.3 is 0 Å². The lowest BCUT2D eigenvalue weighted by molar-refractivity contribution is -0.124. The lowest BCUT2D eigenvalue weighted by Gasteiger charge is -2.20. The number of amides is 1. The zero-order valence-electron chi connectivity index (χ0n) is 13.3. The maximum Gasteiger partial charge on any atom is 0.255 e. The van der Waals surface area contributed by atoms with Crippen LogP contribution in [0.5, 0.6) is 0 Å². The topological polar surface area (TPSA) is 62.4 Å². The number of aromatic amines is 1. The van der Waals surface area contributed by atoms with Crippen molar-refractivity contribution in [3.63, 3.8) is 0 Å². The van der Waals surface area contributed by atoms with Gasteiger partial charge in [-0.25, -0.2) is 4.79 Å². The number of aromatic nitrogens is 1. The van der Waals surface area contributed by atoms with Crippen LogP contribution in [0.25, 0.3) is 28.2 Å². The fourth-order valence-corrected chi connectivity index (χ4v) is 3.72. The average Bonchev–Trinajstić information content (AvgIpc) is 2.87. The number of fused-ring (bicyclic) bond motifs is 5. The molecule has 1 aliphatic rings. The highest BCUT2D eigenvalue weighted by Gasteiger charge is 2.30. The predicted molar refractivity (Wildman–Crippen MR) is 99.8 cm³/mol. The van der Waals surface area contributed by atoms with Gasteiger partial charge in [-0.15, -0.1) is 0 Å². The van der Waals surface area contributed by atoms with E-state index in [-0.39, 0.29) is 12.3 Å². The Kier molecular flexibility index (Phi) is 3.81. The second kappa shape index (κ2) is 6.01. The van der Waals surface area contributed by atoms with Gasteiger partial charge in [0.25, 0.3) is 5.91 Å². The SMILES string of the molecule is CON1C(=O)Cc2c([nH]c3ccc(Br)cc23)-c2c(C=C=O)cccc21. The van der Waals surface area contributed by atoms with Crippen molar-refractivity contribution in [1.29, 1.82) is 0 Å². The van der Waals surface area contributed by atoms with Crippen molar-refractivity contribution >= 4 is 50.4 Å². The number of rotatable bonds is 2. The van der Waals surface area contributed by atoms with E-state index in [1.807, 2.05) is 30.2 Å². The number of nitrogens with one attached hydrogen (secondary N) is 1. The maximum atomic E-state index is 12.8. The van der Waals surface area contributed by atoms with E-state index in [4.69, 9.17) is 4.84 Å². The molecule has 0 saturated heterocycles. The van der Waals surface area contributed by atoms with Gasteiger partial charge in [0.2, 0.25) is 0 Å². The molecular formula is C19H13BrN2O3. The minimum Gasteiger partial charge on any atom is -0.354 e. The van der Waals surface area contributed by atoms with Crippen LogP contribution in [0.4, 0.5) is 5.69 Å². The molecule has 2 aromatic carbocycles. The molecule has 0 fully saturated rings. The number of anilines is 1. The quantitative estimate of drug-likeness (QED) is 0.668. The van der Waals surface area contributed by atoms with Crippen LogP contribution in [0.15, 0.2) is 40.9 Å². The Bertz CT molecular complexity index is 1060. The Morgan fingerprint density at radius 2 is 2.16 bits per heavy atom. The lowest BCUT2D eigenvalue weighted by Crippen LogP contribution is -2.30. The highest BCUT2D eigenvalue weighted by atomic mass is 79.9. The molecule has 4 rings (SSSR count). The van der Waals surface area contributed by atoms with E-state index in [2.05, 4.69) is 20.9 Å². The van der Waals surface area contributed by atoms with Crippen LogP contribution in [0.2, 0.25) is 0 Å². The molecule has 6 heteroatoms. The summed E-state index contributed by atoms with van der Waals surface area (Å²) in [6, 6.07) is 11.3. The third-order valence-corrected chi connectivity index (χ3v) is 4.86. The first kappa shape index (κ1) is 15.8. The van der Waals surface area contributed by atoms with Crippen molar-refractivity contribution < 1.29 is 14.4 Å². The first-order valence-electron chi connectivity index (χ1n) is 7.65. The Morgan fingerprint density at radius 3 is 2.92 bits per heavy atom. The second-order valence-electron chi connectivity index (χ2n) is 5.72. The molecular weight excluding hydrogens is 384 g/mol. The van der Waals surface area contributed by atoms with E-state index < -0.39 is 0 Å². The zero-order chi connectivity index (χ0) is 17.6. The number of nitrogens with zero attached hydrogens (tertiary/aromatic N) is 1. The number of hydroxylamine groups is 1. The largest absolute Gasteiger partial charge is 0.354 e. The van der Waals surface area contributed by atoms with Crippen molar-refractivity contribution in [2.24, 2.45) is 0 Å². The van der Waals surface area contributed by atoms with Gasteiger partial charge in [-0.1, -0.05) is 28.1 Å². The molecule has 25 heavy (non-hydrogen) atoms. The second-order valence-corrected chi connectivity index (χ2v) is 6.64. The van der Waals surface area contributed by atoms with Gasteiger partial charge in [0.1, 0.15) is 5.94 Å². The van der Waals surface area contributed by atoms with Gasteiger partial charge in [-0.05, 0) is 35.4 Å². The van der Waals surface area contributed by atoms with Gasteiger partial charge in [0, 0.05) is 27.0 Å². The molecule has 1 aliphatic heterocycles. The van der Waals surface area contributed by atoms with E-state index in [1.54, 1.807) is 12.1 Å². The van der Waals surface area contributed by atoms with E-state index in [0.717, 1.165) is 32.2 Å². The van der Waals surface area contributed by atoms with Crippen molar-refractivity contribution in [3.05, 3.63) is 52.0 Å². The molecule has 124 valence electrons. The van der Waals surface area contributed by atoms with Crippen LogP contribution in [-0.4, -0.2) is 23.9 Å². The molecule has 1 aromatic heterocycles. The minimum absolute atomic E-state index is 0.171. The van der Waals surface area contributed by atoms with Crippen LogP contribution in [0.1, 0.15) is 11.1 Å². The Balaban J connectivity index is 2.14. The summed E-state index contributed by atoms with van der Waals surface area (Å²) >= 11 is 3.48. The van der Waals surface area contributed by atoms with Gasteiger partial charge in [0.05, 0.1) is 24.9 Å². The maximum absolute atomic E-state index is 12.8. The highest BCUT2D eigenvalue weighted by Crippen LogP contribution is 2.42. The summed E-state index contributed by atoms with van der Waals surface area (Å²) in [4.78, 5) is 32.5. The normalized spacial score (nSPS) is 13.2. The van der Waals surface area contributed by atoms with Gasteiger partial charge < -0.3 is 4.98 Å². The van der Waals surface area contributed by atoms with Crippen LogP contribution in [0.3, 0.4) is 0 Å². The molecule has 0 bridgehead atoms. The van der Waals surface area contributed by atoms with Crippen molar-refractivity contribution in [2.45, 2.75) is 6.42 Å². The number of halogens is 1. The number of carbonyl (C=O) groups excluding carboxylic acids is 2. The summed E-state index contributed by atoms with van der Waals surface area (Å²) in [5.41, 5.74) is 4.66. The average molecular weight is 397 g/mol. The standard InChI is InChI=1S/C19H13BrN2O3/c1-25-22-16-4-2-3-11(7-8-23)18(16)19-14(10-17(22)24)13-9-12(20)5-6-15(13)21-19/h2-7,9,21H,10H2,1H3.